The molecular formula is C21H20ClN5O2. The third kappa shape index (κ3) is 4.41. The quantitative estimate of drug-likeness (QED) is 0.475. The summed E-state index contributed by atoms with van der Waals surface area (Å²) < 4.78 is 10.4. The number of anilines is 1. The van der Waals surface area contributed by atoms with Crippen LogP contribution >= 0.6 is 11.6 Å². The first kappa shape index (κ1) is 19.0. The number of halogens is 1. The number of rotatable bonds is 7. The number of fused-ring (bicyclic) bond motifs is 1. The van der Waals surface area contributed by atoms with Gasteiger partial charge in [-0.2, -0.15) is 4.98 Å². The van der Waals surface area contributed by atoms with E-state index in [2.05, 4.69) is 31.3 Å². The first-order valence-electron chi connectivity index (χ1n) is 9.04. The van der Waals surface area contributed by atoms with Gasteiger partial charge in [-0.25, -0.2) is 9.97 Å². The fraction of sp³-hybridized carbons (Fsp3) is 0.190. The molecule has 0 unspecified atom stereocenters. The van der Waals surface area contributed by atoms with Crippen LogP contribution in [-0.4, -0.2) is 34.2 Å². The van der Waals surface area contributed by atoms with Gasteiger partial charge in [0.2, 0.25) is 11.8 Å². The zero-order chi connectivity index (χ0) is 20.2. The van der Waals surface area contributed by atoms with Crippen LogP contribution < -0.4 is 14.8 Å². The van der Waals surface area contributed by atoms with Crippen LogP contribution in [0.4, 0.5) is 5.82 Å². The molecule has 0 aliphatic heterocycles. The topological polar surface area (TPSA) is 85.0 Å². The summed E-state index contributed by atoms with van der Waals surface area (Å²) in [7, 11) is 3.16. The number of aromatic amines is 1. The van der Waals surface area contributed by atoms with E-state index < -0.39 is 0 Å². The molecule has 29 heavy (non-hydrogen) atoms. The van der Waals surface area contributed by atoms with E-state index in [1.807, 2.05) is 36.7 Å². The molecule has 0 aromatic carbocycles. The summed E-state index contributed by atoms with van der Waals surface area (Å²) in [4.78, 5) is 16.2. The zero-order valence-corrected chi connectivity index (χ0v) is 16.8. The van der Waals surface area contributed by atoms with E-state index in [4.69, 9.17) is 21.1 Å². The van der Waals surface area contributed by atoms with E-state index in [9.17, 15) is 0 Å². The molecule has 0 aliphatic rings. The second-order valence-corrected chi connectivity index (χ2v) is 6.94. The minimum atomic E-state index is 0.512. The third-order valence-corrected chi connectivity index (χ3v) is 4.74. The van der Waals surface area contributed by atoms with Crippen molar-refractivity contribution in [3.8, 4) is 11.8 Å². The minimum Gasteiger partial charge on any atom is -0.481 e. The van der Waals surface area contributed by atoms with Gasteiger partial charge in [-0.05, 0) is 28.8 Å². The van der Waals surface area contributed by atoms with E-state index in [1.165, 1.54) is 0 Å². The lowest BCUT2D eigenvalue weighted by Crippen LogP contribution is -2.03. The molecule has 4 aromatic heterocycles. The fourth-order valence-corrected chi connectivity index (χ4v) is 3.23. The molecule has 8 heteroatoms. The summed E-state index contributed by atoms with van der Waals surface area (Å²) in [6.07, 6.45) is 6.21. The Labute approximate surface area is 173 Å². The van der Waals surface area contributed by atoms with E-state index in [0.717, 1.165) is 40.0 Å². The summed E-state index contributed by atoms with van der Waals surface area (Å²) in [5.74, 6) is 1.81. The molecule has 2 N–H and O–H groups in total. The van der Waals surface area contributed by atoms with Crippen molar-refractivity contribution >= 4 is 28.5 Å². The standard InChI is InChI=1S/C21H20ClN5O2/c1-28-19-6-14(7-20(27-19)29-2)10-24-18-4-3-13(9-23-18)5-15-11-25-21-17(15)8-16(22)12-26-21/h3-4,6-9,11-12H,5,10H2,1-2H3,(H,23,24)(H,25,26). The Morgan fingerprint density at radius 1 is 1.00 bits per heavy atom. The molecule has 0 aliphatic carbocycles. The predicted octanol–water partition coefficient (Wildman–Crippen LogP) is 4.23. The molecule has 148 valence electrons. The lowest BCUT2D eigenvalue weighted by molar-refractivity contribution is 0.364. The molecule has 4 heterocycles. The van der Waals surface area contributed by atoms with Crippen molar-refractivity contribution in [2.45, 2.75) is 13.0 Å². The van der Waals surface area contributed by atoms with E-state index in [0.29, 0.717) is 23.3 Å². The largest absolute Gasteiger partial charge is 0.481 e. The number of ether oxygens (including phenoxy) is 2. The Kier molecular flexibility index (Phi) is 5.48. The molecule has 0 bridgehead atoms. The third-order valence-electron chi connectivity index (χ3n) is 4.53. The first-order valence-corrected chi connectivity index (χ1v) is 9.41. The van der Waals surface area contributed by atoms with Crippen molar-refractivity contribution in [2.75, 3.05) is 19.5 Å². The Bertz CT molecular complexity index is 1110. The van der Waals surface area contributed by atoms with Gasteiger partial charge in [0, 0.05) is 49.1 Å². The number of aromatic nitrogens is 4. The van der Waals surface area contributed by atoms with E-state index in [-0.39, 0.29) is 0 Å². The second kappa shape index (κ2) is 8.36. The van der Waals surface area contributed by atoms with Gasteiger partial charge in [-0.15, -0.1) is 0 Å². The Morgan fingerprint density at radius 3 is 2.48 bits per heavy atom. The highest BCUT2D eigenvalue weighted by Crippen LogP contribution is 2.23. The van der Waals surface area contributed by atoms with Crippen molar-refractivity contribution < 1.29 is 9.47 Å². The maximum atomic E-state index is 6.08. The summed E-state index contributed by atoms with van der Waals surface area (Å²) in [5, 5.41) is 4.96. The number of nitrogens with zero attached hydrogens (tertiary/aromatic N) is 3. The van der Waals surface area contributed by atoms with Gasteiger partial charge in [-0.3, -0.25) is 0 Å². The van der Waals surface area contributed by atoms with Crippen LogP contribution in [0.1, 0.15) is 16.7 Å². The van der Waals surface area contributed by atoms with Crippen LogP contribution in [-0.2, 0) is 13.0 Å². The smallest absolute Gasteiger partial charge is 0.216 e. The summed E-state index contributed by atoms with van der Waals surface area (Å²) in [6.45, 7) is 0.578. The molecule has 0 amide bonds. The molecule has 0 radical (unpaired) electrons. The molecular weight excluding hydrogens is 390 g/mol. The van der Waals surface area contributed by atoms with Gasteiger partial charge in [0.25, 0.3) is 0 Å². The van der Waals surface area contributed by atoms with Crippen molar-refractivity contribution in [1.82, 2.24) is 19.9 Å². The molecule has 4 rings (SSSR count). The van der Waals surface area contributed by atoms with Gasteiger partial charge < -0.3 is 19.8 Å². The van der Waals surface area contributed by atoms with Gasteiger partial charge in [-0.1, -0.05) is 17.7 Å². The Hall–Kier alpha value is -3.32. The average Bonchev–Trinajstić information content (AvgIpc) is 3.14. The predicted molar refractivity (Wildman–Crippen MR) is 113 cm³/mol. The maximum absolute atomic E-state index is 6.08. The normalized spacial score (nSPS) is 10.9. The molecule has 0 atom stereocenters. The maximum Gasteiger partial charge on any atom is 0.216 e. The number of methoxy groups -OCH3 is 2. The van der Waals surface area contributed by atoms with Gasteiger partial charge in [0.15, 0.2) is 0 Å². The highest BCUT2D eigenvalue weighted by atomic mass is 35.5. The van der Waals surface area contributed by atoms with Gasteiger partial charge in [0.05, 0.1) is 19.2 Å². The van der Waals surface area contributed by atoms with Crippen molar-refractivity contribution in [3.63, 3.8) is 0 Å². The minimum absolute atomic E-state index is 0.512. The van der Waals surface area contributed by atoms with Crippen LogP contribution in [0.5, 0.6) is 11.8 Å². The van der Waals surface area contributed by atoms with Gasteiger partial charge >= 0.3 is 0 Å². The molecule has 0 fully saturated rings. The number of hydrogen-bond acceptors (Lipinski definition) is 6. The monoisotopic (exact) mass is 409 g/mol. The Morgan fingerprint density at radius 2 is 1.79 bits per heavy atom. The van der Waals surface area contributed by atoms with Crippen molar-refractivity contribution in [2.24, 2.45) is 0 Å². The SMILES string of the molecule is COc1cc(CNc2ccc(Cc3c[nH]c4ncc(Cl)cc34)cn2)cc(OC)n1. The molecule has 4 aromatic rings. The average molecular weight is 410 g/mol. The van der Waals surface area contributed by atoms with Crippen LogP contribution in [0.2, 0.25) is 5.02 Å². The highest BCUT2D eigenvalue weighted by molar-refractivity contribution is 6.31. The molecule has 0 saturated heterocycles. The van der Waals surface area contributed by atoms with Crippen LogP contribution in [0.25, 0.3) is 11.0 Å². The molecule has 7 nitrogen and oxygen atoms in total. The molecule has 0 spiro atoms. The van der Waals surface area contributed by atoms with Crippen molar-refractivity contribution in [1.29, 1.82) is 0 Å². The van der Waals surface area contributed by atoms with E-state index in [1.54, 1.807) is 20.4 Å². The summed E-state index contributed by atoms with van der Waals surface area (Å²) >= 11 is 6.08. The summed E-state index contributed by atoms with van der Waals surface area (Å²) in [6, 6.07) is 9.67. The number of nitrogens with one attached hydrogen (secondary N) is 2. The highest BCUT2D eigenvalue weighted by Gasteiger charge is 2.08. The zero-order valence-electron chi connectivity index (χ0n) is 16.1. The van der Waals surface area contributed by atoms with Crippen molar-refractivity contribution in [3.05, 3.63) is 70.6 Å². The molecule has 0 saturated carbocycles. The number of pyridine rings is 3. The van der Waals surface area contributed by atoms with Crippen LogP contribution in [0, 0.1) is 0 Å². The van der Waals surface area contributed by atoms with Gasteiger partial charge in [0.1, 0.15) is 11.5 Å². The van der Waals surface area contributed by atoms with E-state index >= 15 is 0 Å². The van der Waals surface area contributed by atoms with Crippen LogP contribution in [0.15, 0.2) is 48.9 Å². The summed E-state index contributed by atoms with van der Waals surface area (Å²) in [5.41, 5.74) is 4.05. The fourth-order valence-electron chi connectivity index (χ4n) is 3.07. The Balaban J connectivity index is 1.43. The lowest BCUT2D eigenvalue weighted by Gasteiger charge is -2.09. The second-order valence-electron chi connectivity index (χ2n) is 6.51. The number of hydrogen-bond donors (Lipinski definition) is 2. The lowest BCUT2D eigenvalue weighted by atomic mass is 10.1. The number of H-pyrrole nitrogens is 1. The first-order chi connectivity index (χ1) is 14.1. The van der Waals surface area contributed by atoms with Crippen LogP contribution in [0.3, 0.4) is 0 Å².